The molecule has 0 radical (unpaired) electrons. The summed E-state index contributed by atoms with van der Waals surface area (Å²) in [5.41, 5.74) is 4.69. The van der Waals surface area contributed by atoms with Crippen molar-refractivity contribution in [2.45, 2.75) is 130 Å². The van der Waals surface area contributed by atoms with Gasteiger partial charge in [-0.25, -0.2) is 39.1 Å². The highest BCUT2D eigenvalue weighted by Crippen LogP contribution is 2.41. The molecule has 2 saturated heterocycles. The zero-order chi connectivity index (χ0) is 56.3. The minimum absolute atomic E-state index is 0.0796. The van der Waals surface area contributed by atoms with Crippen LogP contribution < -0.4 is 31.1 Å². The smallest absolute Gasteiger partial charge is 0.410 e. The fourth-order valence-electron chi connectivity index (χ4n) is 9.64. The second kappa shape index (κ2) is 25.6. The molecule has 4 aliphatic heterocycles. The molecule has 22 nitrogen and oxygen atoms in total. The van der Waals surface area contributed by atoms with Gasteiger partial charge in [0, 0.05) is 72.9 Å². The summed E-state index contributed by atoms with van der Waals surface area (Å²) in [6.45, 7) is 24.4. The first kappa shape index (κ1) is 57.9. The van der Waals surface area contributed by atoms with Gasteiger partial charge in [-0.3, -0.25) is 9.80 Å². The summed E-state index contributed by atoms with van der Waals surface area (Å²) in [6.07, 6.45) is 0.329. The van der Waals surface area contributed by atoms with Crippen LogP contribution in [-0.4, -0.2) is 143 Å². The molecule has 0 spiro atoms. The normalized spacial score (nSPS) is 19.1. The van der Waals surface area contributed by atoms with Crippen LogP contribution in [0.5, 0.6) is 0 Å². The van der Waals surface area contributed by atoms with Crippen molar-refractivity contribution in [2.75, 3.05) is 86.1 Å². The van der Waals surface area contributed by atoms with Crippen LogP contribution in [0.25, 0.3) is 22.8 Å². The fraction of sp³-hybridized carbons (Fsp3) is 0.536. The van der Waals surface area contributed by atoms with Gasteiger partial charge < -0.3 is 50.0 Å². The molecule has 4 N–H and O–H groups in total. The van der Waals surface area contributed by atoms with Gasteiger partial charge in [0.25, 0.3) is 0 Å². The van der Waals surface area contributed by atoms with E-state index in [4.69, 9.17) is 38.9 Å². The van der Waals surface area contributed by atoms with Gasteiger partial charge in [0.2, 0.25) is 0 Å². The number of nitriles is 2. The number of urea groups is 2. The Labute approximate surface area is 457 Å². The highest BCUT2D eigenvalue weighted by molar-refractivity contribution is 5.90. The molecule has 4 aromatic rings. The maximum atomic E-state index is 13.2. The number of hydrogen-bond donors (Lipinski definition) is 4. The van der Waals surface area contributed by atoms with Crippen molar-refractivity contribution in [3.05, 3.63) is 71.0 Å². The Balaban J connectivity index is 0.000000226. The third kappa shape index (κ3) is 14.4. The fourth-order valence-corrected chi connectivity index (χ4v) is 9.64. The second-order valence-electron chi connectivity index (χ2n) is 21.4. The van der Waals surface area contributed by atoms with Gasteiger partial charge in [0.05, 0.1) is 87.0 Å². The Morgan fingerprint density at radius 2 is 0.974 bits per heavy atom. The van der Waals surface area contributed by atoms with Crippen LogP contribution in [0, 0.1) is 22.7 Å². The number of nitrogens with zero attached hydrogens (tertiary/aromatic N) is 10. The standard InChI is InChI=1S/2C28H37N7O4/c2*1-6-30-26(36)31-20-9-7-19(8-10-20)24-32-23-21(25(33-24)34-15-16-38-17-18(34)2)12-14-35(22(23)11-13-29)27(37)39-28(3,4)5/h2*7-10,18,22H,6,11-12,14-17H2,1-5H3,(H2,30,31,36)/t18-,22+;18-,22-/m00/s1. The first-order valence-corrected chi connectivity index (χ1v) is 26.8. The van der Waals surface area contributed by atoms with Crippen molar-refractivity contribution in [2.24, 2.45) is 0 Å². The van der Waals surface area contributed by atoms with E-state index in [1.165, 1.54) is 0 Å². The Kier molecular flexibility index (Phi) is 19.0. The molecular formula is C56H74N14O8. The molecule has 0 unspecified atom stereocenters. The van der Waals surface area contributed by atoms with Crippen molar-refractivity contribution in [1.29, 1.82) is 10.5 Å². The number of nitrogens with one attached hydrogen (secondary N) is 4. The van der Waals surface area contributed by atoms with Gasteiger partial charge in [-0.2, -0.15) is 10.5 Å². The Morgan fingerprint density at radius 1 is 0.603 bits per heavy atom. The molecule has 0 saturated carbocycles. The lowest BCUT2D eigenvalue weighted by Gasteiger charge is -2.40. The van der Waals surface area contributed by atoms with Gasteiger partial charge in [-0.1, -0.05) is 0 Å². The maximum Gasteiger partial charge on any atom is 0.410 e. The van der Waals surface area contributed by atoms with Crippen LogP contribution >= 0.6 is 0 Å². The largest absolute Gasteiger partial charge is 0.444 e. The minimum Gasteiger partial charge on any atom is -0.444 e. The van der Waals surface area contributed by atoms with E-state index in [1.807, 2.05) is 79.7 Å². The molecule has 2 aromatic carbocycles. The molecule has 6 heterocycles. The van der Waals surface area contributed by atoms with Crippen LogP contribution in [-0.2, 0) is 31.8 Å². The van der Waals surface area contributed by atoms with Gasteiger partial charge in [-0.05, 0) is 131 Å². The topological polar surface area (TPSA) is 265 Å². The number of anilines is 4. The number of rotatable bonds is 10. The quantitative estimate of drug-likeness (QED) is 0.116. The number of benzene rings is 2. The summed E-state index contributed by atoms with van der Waals surface area (Å²) in [6, 6.07) is 17.6. The predicted molar refractivity (Wildman–Crippen MR) is 295 cm³/mol. The Bertz CT molecular complexity index is 2670. The van der Waals surface area contributed by atoms with Gasteiger partial charge in [0.15, 0.2) is 11.6 Å². The van der Waals surface area contributed by atoms with Gasteiger partial charge >= 0.3 is 24.2 Å². The molecule has 0 aliphatic carbocycles. The van der Waals surface area contributed by atoms with Crippen LogP contribution in [0.1, 0.15) is 117 Å². The molecule has 78 heavy (non-hydrogen) atoms. The summed E-state index contributed by atoms with van der Waals surface area (Å²) in [4.78, 5) is 77.7. The number of hydrogen-bond acceptors (Lipinski definition) is 16. The van der Waals surface area contributed by atoms with Crippen molar-refractivity contribution < 1.29 is 38.1 Å². The zero-order valence-electron chi connectivity index (χ0n) is 46.6. The summed E-state index contributed by atoms with van der Waals surface area (Å²) in [5, 5.41) is 30.5. The number of amides is 6. The number of aromatic nitrogens is 4. The average molecular weight is 1070 g/mol. The monoisotopic (exact) mass is 1070 g/mol. The SMILES string of the molecule is CCNC(=O)Nc1ccc(-c2nc3c(c(N4CCOC[C@@H]4C)n2)CCN(C(=O)OC(C)(C)C)[C@@H]3CC#N)cc1.CCNC(=O)Nc1ccc(-c2nc3c(c(N4CCOC[C@@H]4C)n2)CCN(C(=O)OC(C)(C)C)[C@H]3CC#N)cc1. The molecule has 6 amide bonds. The van der Waals surface area contributed by atoms with Gasteiger partial charge in [-0.15, -0.1) is 0 Å². The molecule has 2 aromatic heterocycles. The molecule has 416 valence electrons. The molecule has 0 bridgehead atoms. The first-order valence-electron chi connectivity index (χ1n) is 26.8. The van der Waals surface area contributed by atoms with Crippen molar-refractivity contribution >= 4 is 47.3 Å². The second-order valence-corrected chi connectivity index (χ2v) is 21.4. The van der Waals surface area contributed by atoms with Crippen LogP contribution in [0.3, 0.4) is 0 Å². The molecule has 22 heteroatoms. The van der Waals surface area contributed by atoms with Crippen LogP contribution in [0.15, 0.2) is 48.5 Å². The summed E-state index contributed by atoms with van der Waals surface area (Å²) in [5.74, 6) is 2.59. The molecular weight excluding hydrogens is 997 g/mol. The molecule has 4 aliphatic rings. The lowest BCUT2D eigenvalue weighted by atomic mass is 9.95. The summed E-state index contributed by atoms with van der Waals surface area (Å²) >= 11 is 0. The maximum absolute atomic E-state index is 13.2. The van der Waals surface area contributed by atoms with Crippen molar-refractivity contribution in [1.82, 2.24) is 40.4 Å². The Morgan fingerprint density at radius 3 is 1.29 bits per heavy atom. The summed E-state index contributed by atoms with van der Waals surface area (Å²) < 4.78 is 22.7. The number of ether oxygens (including phenoxy) is 4. The van der Waals surface area contributed by atoms with Crippen LogP contribution in [0.4, 0.5) is 42.2 Å². The summed E-state index contributed by atoms with van der Waals surface area (Å²) in [7, 11) is 0. The van der Waals surface area contributed by atoms with E-state index in [2.05, 4.69) is 57.1 Å². The average Bonchev–Trinajstić information content (AvgIpc) is 3.55. The van der Waals surface area contributed by atoms with E-state index < -0.39 is 35.5 Å². The lowest BCUT2D eigenvalue weighted by Crippen LogP contribution is -2.47. The minimum atomic E-state index is -0.663. The highest BCUT2D eigenvalue weighted by atomic mass is 16.6. The molecule has 8 rings (SSSR count). The van der Waals surface area contributed by atoms with E-state index >= 15 is 0 Å². The van der Waals surface area contributed by atoms with E-state index in [-0.39, 0.29) is 37.0 Å². The Hall–Kier alpha value is -7.82. The van der Waals surface area contributed by atoms with E-state index in [0.717, 1.165) is 33.9 Å². The van der Waals surface area contributed by atoms with E-state index in [0.29, 0.717) is 113 Å². The number of morpholine rings is 2. The predicted octanol–water partition coefficient (Wildman–Crippen LogP) is 8.52. The number of carbonyl (C=O) groups excluding carboxylic acids is 4. The lowest BCUT2D eigenvalue weighted by molar-refractivity contribution is 0.0130. The third-order valence-corrected chi connectivity index (χ3v) is 13.2. The van der Waals surface area contributed by atoms with Crippen molar-refractivity contribution in [3.8, 4) is 34.9 Å². The zero-order valence-corrected chi connectivity index (χ0v) is 46.6. The van der Waals surface area contributed by atoms with Crippen LogP contribution in [0.2, 0.25) is 0 Å². The number of fused-ring (bicyclic) bond motifs is 2. The first-order chi connectivity index (χ1) is 37.2. The van der Waals surface area contributed by atoms with Crippen molar-refractivity contribution in [3.63, 3.8) is 0 Å². The van der Waals surface area contributed by atoms with Gasteiger partial charge in [0.1, 0.15) is 22.8 Å². The highest BCUT2D eigenvalue weighted by Gasteiger charge is 2.40. The number of carbonyl (C=O) groups is 4. The third-order valence-electron chi connectivity index (χ3n) is 13.2. The molecule has 4 atom stereocenters. The van der Waals surface area contributed by atoms with E-state index in [9.17, 15) is 29.7 Å². The molecule has 2 fully saturated rings. The van der Waals surface area contributed by atoms with E-state index in [1.54, 1.807) is 34.1 Å².